The van der Waals surface area contributed by atoms with Crippen LogP contribution in [0.15, 0.2) is 0 Å². The van der Waals surface area contributed by atoms with Gasteiger partial charge in [-0.2, -0.15) is 11.8 Å². The first-order valence-electron chi connectivity index (χ1n) is 2.46. The molecule has 0 aromatic rings. The van der Waals surface area contributed by atoms with Gasteiger partial charge in [0.1, 0.15) is 0 Å². The van der Waals surface area contributed by atoms with E-state index in [2.05, 4.69) is 6.26 Å². The van der Waals surface area contributed by atoms with Crippen LogP contribution in [0.1, 0.15) is 6.92 Å². The van der Waals surface area contributed by atoms with Crippen LogP contribution in [0, 0.1) is 5.92 Å². The Balaban J connectivity index is 3.32. The molecule has 0 bridgehead atoms. The predicted molar refractivity (Wildman–Crippen MR) is 44.3 cm³/mol. The van der Waals surface area contributed by atoms with Crippen molar-refractivity contribution in [2.75, 3.05) is 12.0 Å². The van der Waals surface area contributed by atoms with Crippen molar-refractivity contribution in [3.63, 3.8) is 0 Å². The number of thiocarbonyl (C=S) groups is 1. The van der Waals surface area contributed by atoms with Gasteiger partial charge in [0.2, 0.25) is 0 Å². The Hall–Kier alpha value is 0.240. The van der Waals surface area contributed by atoms with Gasteiger partial charge in [-0.25, -0.2) is 0 Å². The van der Waals surface area contributed by atoms with Crippen molar-refractivity contribution in [1.29, 1.82) is 0 Å². The molecule has 0 aromatic carbocycles. The van der Waals surface area contributed by atoms with Gasteiger partial charge in [-0.3, -0.25) is 0 Å². The van der Waals surface area contributed by atoms with Crippen LogP contribution in [-0.2, 0) is 0 Å². The lowest BCUT2D eigenvalue weighted by Crippen LogP contribution is -2.19. The van der Waals surface area contributed by atoms with Gasteiger partial charge in [-0.1, -0.05) is 19.1 Å². The Morgan fingerprint density at radius 2 is 2.38 bits per heavy atom. The highest BCUT2D eigenvalue weighted by molar-refractivity contribution is 7.98. The van der Waals surface area contributed by atoms with Crippen molar-refractivity contribution in [1.82, 2.24) is 0 Å². The van der Waals surface area contributed by atoms with Gasteiger partial charge in [0.15, 0.2) is 0 Å². The van der Waals surface area contributed by atoms with Crippen LogP contribution >= 0.6 is 24.0 Å². The Kier molecular flexibility index (Phi) is 4.28. The normalized spacial score (nSPS) is 13.2. The number of nitrogens with two attached hydrogens (primary N) is 1. The molecule has 0 saturated carbocycles. The molecule has 0 fully saturated rings. The van der Waals surface area contributed by atoms with Gasteiger partial charge in [-0.15, -0.1) is 0 Å². The van der Waals surface area contributed by atoms with Crippen molar-refractivity contribution in [2.24, 2.45) is 11.7 Å². The summed E-state index contributed by atoms with van der Waals surface area (Å²) in [6, 6.07) is 0. The molecule has 0 rings (SSSR count). The molecule has 8 heavy (non-hydrogen) atoms. The van der Waals surface area contributed by atoms with E-state index in [4.69, 9.17) is 18.0 Å². The van der Waals surface area contributed by atoms with E-state index in [1.165, 1.54) is 0 Å². The van der Waals surface area contributed by atoms with E-state index in [0.29, 0.717) is 10.9 Å². The topological polar surface area (TPSA) is 26.0 Å². The molecule has 0 spiro atoms. The van der Waals surface area contributed by atoms with Gasteiger partial charge < -0.3 is 5.73 Å². The Morgan fingerprint density at radius 1 is 1.88 bits per heavy atom. The van der Waals surface area contributed by atoms with Crippen LogP contribution in [0.3, 0.4) is 0 Å². The molecule has 1 unspecified atom stereocenters. The number of hydrogen-bond donors (Lipinski definition) is 1. The van der Waals surface area contributed by atoms with Crippen LogP contribution < -0.4 is 5.73 Å². The lowest BCUT2D eigenvalue weighted by molar-refractivity contribution is 0.908. The molecule has 1 atom stereocenters. The number of hydrogen-bond acceptors (Lipinski definition) is 2. The maximum atomic E-state index is 5.34. The summed E-state index contributed by atoms with van der Waals surface area (Å²) in [4.78, 5) is 0.624. The highest BCUT2D eigenvalue weighted by Gasteiger charge is 2.01. The van der Waals surface area contributed by atoms with Crippen LogP contribution in [-0.4, -0.2) is 17.0 Å². The summed E-state index contributed by atoms with van der Waals surface area (Å²) in [7, 11) is 0. The summed E-state index contributed by atoms with van der Waals surface area (Å²) < 4.78 is 0. The highest BCUT2D eigenvalue weighted by Crippen LogP contribution is 2.03. The number of thioether (sulfide) groups is 1. The van der Waals surface area contributed by atoms with Crippen molar-refractivity contribution in [3.05, 3.63) is 0 Å². The smallest absolute Gasteiger partial charge is 0.0764 e. The fourth-order valence-corrected chi connectivity index (χ4v) is 1.20. The molecule has 0 heterocycles. The molecular weight excluding hydrogens is 138 g/mol. The van der Waals surface area contributed by atoms with Crippen molar-refractivity contribution in [2.45, 2.75) is 6.92 Å². The largest absolute Gasteiger partial charge is 0.393 e. The van der Waals surface area contributed by atoms with Gasteiger partial charge >= 0.3 is 0 Å². The molecule has 0 radical (unpaired) electrons. The quantitative estimate of drug-likeness (QED) is 0.612. The van der Waals surface area contributed by atoms with Crippen molar-refractivity contribution in [3.8, 4) is 0 Å². The van der Waals surface area contributed by atoms with Crippen LogP contribution in [0.25, 0.3) is 0 Å². The second-order valence-electron chi connectivity index (χ2n) is 1.76. The fourth-order valence-electron chi connectivity index (χ4n) is 0.332. The molecule has 48 valence electrons. The summed E-state index contributed by atoms with van der Waals surface area (Å²) in [5, 5.41) is 0. The zero-order valence-electron chi connectivity index (χ0n) is 5.18. The molecule has 0 amide bonds. The first-order valence-corrected chi connectivity index (χ1v) is 4.27. The maximum Gasteiger partial charge on any atom is 0.0764 e. The molecule has 0 aliphatic rings. The van der Waals surface area contributed by atoms with Gasteiger partial charge in [0.25, 0.3) is 0 Å². The van der Waals surface area contributed by atoms with E-state index in [-0.39, 0.29) is 0 Å². The third kappa shape index (κ3) is 3.27. The molecule has 0 aliphatic heterocycles. The Morgan fingerprint density at radius 3 is 2.50 bits per heavy atom. The molecule has 0 saturated heterocycles. The minimum Gasteiger partial charge on any atom is -0.393 e. The van der Waals surface area contributed by atoms with Crippen molar-refractivity contribution < 1.29 is 0 Å². The second kappa shape index (κ2) is 4.15. The Bertz CT molecular complexity index is 82.5. The van der Waals surface area contributed by atoms with Crippen LogP contribution in [0.5, 0.6) is 0 Å². The van der Waals surface area contributed by atoms with Gasteiger partial charge in [-0.05, 0) is 6.26 Å². The average molecular weight is 149 g/mol. The first-order chi connectivity index (χ1) is 3.68. The van der Waals surface area contributed by atoms with Crippen LogP contribution in [0.4, 0.5) is 0 Å². The van der Waals surface area contributed by atoms with E-state index >= 15 is 0 Å². The highest BCUT2D eigenvalue weighted by atomic mass is 32.2. The average Bonchev–Trinajstić information content (AvgIpc) is 1.67. The summed E-state index contributed by atoms with van der Waals surface area (Å²) in [6.07, 6.45) is 2.05. The maximum absolute atomic E-state index is 5.34. The van der Waals surface area contributed by atoms with E-state index in [1.54, 1.807) is 11.8 Å². The van der Waals surface area contributed by atoms with Crippen LogP contribution in [0.2, 0.25) is 0 Å². The van der Waals surface area contributed by atoms with Crippen molar-refractivity contribution >= 4 is 29.0 Å². The number of rotatable bonds is 3. The lowest BCUT2D eigenvalue weighted by atomic mass is 10.2. The second-order valence-corrected chi connectivity index (χ2v) is 3.14. The third-order valence-electron chi connectivity index (χ3n) is 0.902. The third-order valence-corrected chi connectivity index (χ3v) is 2.14. The molecule has 1 nitrogen and oxygen atoms in total. The molecular formula is C5H11NS2. The Labute approximate surface area is 60.0 Å². The lowest BCUT2D eigenvalue weighted by Gasteiger charge is -2.04. The van der Waals surface area contributed by atoms with E-state index < -0.39 is 0 Å². The predicted octanol–water partition coefficient (Wildman–Crippen LogP) is 1.27. The SMILES string of the molecule is CSCC(C)C(N)=S. The summed E-state index contributed by atoms with van der Waals surface area (Å²) >= 11 is 6.52. The molecule has 3 heteroatoms. The van der Waals surface area contributed by atoms with E-state index in [1.807, 2.05) is 6.92 Å². The standard InChI is InChI=1S/C5H11NS2/c1-4(3-8-2)5(6)7/h4H,3H2,1-2H3,(H2,6,7). The fraction of sp³-hybridized carbons (Fsp3) is 0.800. The minimum absolute atomic E-state index is 0.389. The van der Waals surface area contributed by atoms with E-state index in [9.17, 15) is 0 Å². The summed E-state index contributed by atoms with van der Waals surface area (Å²) in [5.41, 5.74) is 5.34. The molecule has 0 aliphatic carbocycles. The molecule has 2 N–H and O–H groups in total. The summed E-state index contributed by atoms with van der Waals surface area (Å²) in [5.74, 6) is 1.43. The monoisotopic (exact) mass is 149 g/mol. The van der Waals surface area contributed by atoms with E-state index in [0.717, 1.165) is 5.75 Å². The molecule has 0 aromatic heterocycles. The van der Waals surface area contributed by atoms with Gasteiger partial charge in [0, 0.05) is 11.7 Å². The summed E-state index contributed by atoms with van der Waals surface area (Å²) in [6.45, 7) is 2.04. The minimum atomic E-state index is 0.389. The zero-order valence-corrected chi connectivity index (χ0v) is 6.81. The zero-order chi connectivity index (χ0) is 6.57. The first kappa shape index (κ1) is 8.24. The van der Waals surface area contributed by atoms with Gasteiger partial charge in [0.05, 0.1) is 4.99 Å².